The van der Waals surface area contributed by atoms with Gasteiger partial charge in [0, 0.05) is 12.1 Å². The van der Waals surface area contributed by atoms with Gasteiger partial charge in [0.15, 0.2) is 0 Å². The standard InChI is InChI=1S/C12H14ClN3O2/c13-10-5-9(16(17)18)6-14-12(10)15-11(7-1-2-7)8-3-4-8/h5-8,11H,1-4H2,(H,14,15). The van der Waals surface area contributed by atoms with Crippen molar-refractivity contribution in [3.63, 3.8) is 0 Å². The molecule has 0 bridgehead atoms. The third kappa shape index (κ3) is 2.41. The Bertz CT molecular complexity index is 474. The zero-order valence-corrected chi connectivity index (χ0v) is 10.6. The average molecular weight is 268 g/mol. The first-order valence-electron chi connectivity index (χ1n) is 6.21. The molecule has 1 aromatic heterocycles. The summed E-state index contributed by atoms with van der Waals surface area (Å²) in [5, 5.41) is 14.3. The van der Waals surface area contributed by atoms with E-state index in [9.17, 15) is 10.1 Å². The monoisotopic (exact) mass is 267 g/mol. The van der Waals surface area contributed by atoms with Gasteiger partial charge in [-0.1, -0.05) is 11.6 Å². The van der Waals surface area contributed by atoms with E-state index < -0.39 is 4.92 Å². The molecule has 2 saturated carbocycles. The molecule has 0 saturated heterocycles. The number of rotatable bonds is 5. The predicted octanol–water partition coefficient (Wildman–Crippen LogP) is 3.24. The zero-order chi connectivity index (χ0) is 12.7. The molecule has 5 nitrogen and oxygen atoms in total. The summed E-state index contributed by atoms with van der Waals surface area (Å²) in [6.45, 7) is 0. The van der Waals surface area contributed by atoms with Crippen molar-refractivity contribution in [3.05, 3.63) is 27.4 Å². The van der Waals surface area contributed by atoms with Crippen molar-refractivity contribution < 1.29 is 4.92 Å². The molecule has 2 aliphatic rings. The van der Waals surface area contributed by atoms with Crippen LogP contribution in [0.1, 0.15) is 25.7 Å². The number of anilines is 1. The molecule has 2 fully saturated rings. The smallest absolute Gasteiger partial charge is 0.289 e. The van der Waals surface area contributed by atoms with Gasteiger partial charge in [-0.2, -0.15) is 0 Å². The van der Waals surface area contributed by atoms with Crippen LogP contribution in [0.3, 0.4) is 0 Å². The highest BCUT2D eigenvalue weighted by atomic mass is 35.5. The Labute approximate surface area is 110 Å². The van der Waals surface area contributed by atoms with Crippen LogP contribution < -0.4 is 5.32 Å². The Morgan fingerprint density at radius 1 is 1.39 bits per heavy atom. The van der Waals surface area contributed by atoms with Crippen molar-refractivity contribution >= 4 is 23.1 Å². The second kappa shape index (κ2) is 4.39. The fourth-order valence-corrected chi connectivity index (χ4v) is 2.54. The van der Waals surface area contributed by atoms with Crippen molar-refractivity contribution in [3.8, 4) is 0 Å². The summed E-state index contributed by atoms with van der Waals surface area (Å²) in [5.41, 5.74) is -0.0695. The van der Waals surface area contributed by atoms with Gasteiger partial charge >= 0.3 is 0 Å². The third-order valence-electron chi connectivity index (χ3n) is 3.60. The molecule has 1 N–H and O–H groups in total. The predicted molar refractivity (Wildman–Crippen MR) is 68.8 cm³/mol. The lowest BCUT2D eigenvalue weighted by Gasteiger charge is -2.18. The minimum atomic E-state index is -0.484. The van der Waals surface area contributed by atoms with Crippen LogP contribution in [0, 0.1) is 22.0 Å². The van der Waals surface area contributed by atoms with E-state index in [-0.39, 0.29) is 5.69 Å². The molecule has 1 aromatic rings. The second-order valence-corrected chi connectivity index (χ2v) is 5.53. The van der Waals surface area contributed by atoms with Gasteiger partial charge in [0.05, 0.1) is 9.95 Å². The minimum absolute atomic E-state index is 0.0695. The summed E-state index contributed by atoms with van der Waals surface area (Å²) in [5.74, 6) is 2.03. The lowest BCUT2D eigenvalue weighted by atomic mass is 10.1. The summed E-state index contributed by atoms with van der Waals surface area (Å²) in [6.07, 6.45) is 6.31. The number of nitrogens with zero attached hydrogens (tertiary/aromatic N) is 2. The fraction of sp³-hybridized carbons (Fsp3) is 0.583. The van der Waals surface area contributed by atoms with Gasteiger partial charge < -0.3 is 5.32 Å². The SMILES string of the molecule is O=[N+]([O-])c1cnc(NC(C2CC2)C2CC2)c(Cl)c1. The highest BCUT2D eigenvalue weighted by Gasteiger charge is 2.41. The first-order chi connectivity index (χ1) is 8.65. The van der Waals surface area contributed by atoms with Crippen molar-refractivity contribution in [2.45, 2.75) is 31.7 Å². The summed E-state index contributed by atoms with van der Waals surface area (Å²) in [4.78, 5) is 14.2. The Morgan fingerprint density at radius 3 is 2.44 bits per heavy atom. The number of pyridine rings is 1. The number of nitrogens with one attached hydrogen (secondary N) is 1. The average Bonchev–Trinajstić information content (AvgIpc) is 3.19. The van der Waals surface area contributed by atoms with Crippen molar-refractivity contribution in [2.24, 2.45) is 11.8 Å². The molecular formula is C12H14ClN3O2. The maximum Gasteiger partial charge on any atom is 0.289 e. The summed E-state index contributed by atoms with van der Waals surface area (Å²) in [6, 6.07) is 1.80. The molecule has 0 aliphatic heterocycles. The summed E-state index contributed by atoms with van der Waals surface area (Å²) < 4.78 is 0. The largest absolute Gasteiger partial charge is 0.366 e. The van der Waals surface area contributed by atoms with E-state index in [2.05, 4.69) is 10.3 Å². The number of nitro groups is 1. The van der Waals surface area contributed by atoms with E-state index in [0.29, 0.717) is 16.9 Å². The molecule has 0 aromatic carbocycles. The van der Waals surface area contributed by atoms with Crippen LogP contribution in [0.2, 0.25) is 5.02 Å². The minimum Gasteiger partial charge on any atom is -0.366 e. The Balaban J connectivity index is 1.77. The maximum atomic E-state index is 10.6. The van der Waals surface area contributed by atoms with Gasteiger partial charge in [-0.25, -0.2) is 4.98 Å². The van der Waals surface area contributed by atoms with Gasteiger partial charge in [0.2, 0.25) is 0 Å². The first-order valence-corrected chi connectivity index (χ1v) is 6.59. The van der Waals surface area contributed by atoms with E-state index in [4.69, 9.17) is 11.6 Å². The molecule has 6 heteroatoms. The van der Waals surface area contributed by atoms with Crippen LogP contribution >= 0.6 is 11.6 Å². The number of hydrogen-bond acceptors (Lipinski definition) is 4. The number of halogens is 1. The molecule has 1 heterocycles. The van der Waals surface area contributed by atoms with Gasteiger partial charge in [0.25, 0.3) is 5.69 Å². The first kappa shape index (κ1) is 11.7. The molecule has 3 rings (SSSR count). The molecular weight excluding hydrogens is 254 g/mol. The van der Waals surface area contributed by atoms with Gasteiger partial charge in [-0.15, -0.1) is 0 Å². The molecule has 0 atom stereocenters. The summed E-state index contributed by atoms with van der Waals surface area (Å²) in [7, 11) is 0. The number of hydrogen-bond donors (Lipinski definition) is 1. The Hall–Kier alpha value is -1.36. The van der Waals surface area contributed by atoms with Crippen molar-refractivity contribution in [1.82, 2.24) is 4.98 Å². The topological polar surface area (TPSA) is 68.1 Å². The van der Waals surface area contributed by atoms with Crippen LogP contribution in [0.15, 0.2) is 12.3 Å². The Kier molecular flexibility index (Phi) is 2.86. The van der Waals surface area contributed by atoms with E-state index in [1.165, 1.54) is 37.9 Å². The van der Waals surface area contributed by atoms with Crippen molar-refractivity contribution in [1.29, 1.82) is 0 Å². The van der Waals surface area contributed by atoms with Gasteiger partial charge in [-0.3, -0.25) is 10.1 Å². The summed E-state index contributed by atoms with van der Waals surface area (Å²) >= 11 is 6.04. The highest BCUT2D eigenvalue weighted by Crippen LogP contribution is 2.46. The van der Waals surface area contributed by atoms with E-state index in [0.717, 1.165) is 11.8 Å². The fourth-order valence-electron chi connectivity index (χ4n) is 2.32. The zero-order valence-electron chi connectivity index (χ0n) is 9.80. The maximum absolute atomic E-state index is 10.6. The van der Waals surface area contributed by atoms with Gasteiger partial charge in [0.1, 0.15) is 12.0 Å². The molecule has 0 radical (unpaired) electrons. The van der Waals surface area contributed by atoms with Crippen molar-refractivity contribution in [2.75, 3.05) is 5.32 Å². The molecule has 18 heavy (non-hydrogen) atoms. The Morgan fingerprint density at radius 2 is 2.00 bits per heavy atom. The van der Waals surface area contributed by atoms with Crippen LogP contribution in [-0.4, -0.2) is 15.9 Å². The van der Waals surface area contributed by atoms with Crippen LogP contribution in [0.4, 0.5) is 11.5 Å². The molecule has 96 valence electrons. The van der Waals surface area contributed by atoms with Crippen LogP contribution in [0.5, 0.6) is 0 Å². The van der Waals surface area contributed by atoms with E-state index in [1.54, 1.807) is 0 Å². The molecule has 0 unspecified atom stereocenters. The van der Waals surface area contributed by atoms with Gasteiger partial charge in [-0.05, 0) is 37.5 Å². The van der Waals surface area contributed by atoms with E-state index >= 15 is 0 Å². The number of aromatic nitrogens is 1. The normalized spacial score (nSPS) is 19.0. The lowest BCUT2D eigenvalue weighted by molar-refractivity contribution is -0.385. The van der Waals surface area contributed by atoms with Crippen LogP contribution in [-0.2, 0) is 0 Å². The molecule has 0 amide bonds. The lowest BCUT2D eigenvalue weighted by Crippen LogP contribution is -2.25. The second-order valence-electron chi connectivity index (χ2n) is 5.13. The third-order valence-corrected chi connectivity index (χ3v) is 3.89. The van der Waals surface area contributed by atoms with Crippen LogP contribution in [0.25, 0.3) is 0 Å². The highest BCUT2D eigenvalue weighted by molar-refractivity contribution is 6.33. The van der Waals surface area contributed by atoms with E-state index in [1.807, 2.05) is 0 Å². The molecule has 0 spiro atoms. The molecule has 2 aliphatic carbocycles. The quantitative estimate of drug-likeness (QED) is 0.657.